The highest BCUT2D eigenvalue weighted by molar-refractivity contribution is 6.05. The smallest absolute Gasteiger partial charge is 0.313 e. The molecule has 0 saturated carbocycles. The number of allylic oxidation sites excluding steroid dienone is 1. The summed E-state index contributed by atoms with van der Waals surface area (Å²) in [7, 11) is 1.56. The van der Waals surface area contributed by atoms with E-state index in [1.54, 1.807) is 60.6 Å². The van der Waals surface area contributed by atoms with E-state index in [9.17, 15) is 24.3 Å². The molecule has 254 valence electrons. The number of ether oxygens (including phenoxy) is 3. The number of aliphatic hydroxyl groups excluding tert-OH is 1. The number of benzene rings is 2. The zero-order valence-corrected chi connectivity index (χ0v) is 27.5. The fourth-order valence-electron chi connectivity index (χ4n) is 7.55. The van der Waals surface area contributed by atoms with Crippen molar-refractivity contribution >= 4 is 29.4 Å². The molecule has 2 aromatic carbocycles. The molecule has 0 aliphatic carbocycles. The van der Waals surface area contributed by atoms with Gasteiger partial charge in [-0.05, 0) is 48.6 Å². The van der Waals surface area contributed by atoms with Gasteiger partial charge in [0.15, 0.2) is 0 Å². The molecule has 2 N–H and O–H groups in total. The standard InChI is InChI=1S/C37H43N3O8/c1-23(2)20-26(22-41)40-33-35(44)39(25-14-16-27(46-3)17-15-25)19-9-18-37(33)32(34(40)43)31-28(48-37)12-7-8-13-30(42)38-21-29(47-36(31)45)24-10-5-4-6-11-24/h4-7,9-12,14-18,23,26,28-29,31-33,41H,8,13,19-22H2,1-3H3,(H,38,42)/b12-7-/t26-,28+,29-,31-,32-,33+,37-/m1/s1. The van der Waals surface area contributed by atoms with Crippen LogP contribution in [-0.4, -0.2) is 84.3 Å². The van der Waals surface area contributed by atoms with Gasteiger partial charge in [-0.2, -0.15) is 0 Å². The Balaban J connectivity index is 1.45. The van der Waals surface area contributed by atoms with Gasteiger partial charge in [-0.15, -0.1) is 0 Å². The minimum Gasteiger partial charge on any atom is -0.497 e. The second-order valence-electron chi connectivity index (χ2n) is 13.2. The van der Waals surface area contributed by atoms with Crippen molar-refractivity contribution in [2.45, 2.75) is 63.0 Å². The van der Waals surface area contributed by atoms with E-state index in [0.29, 0.717) is 29.8 Å². The van der Waals surface area contributed by atoms with E-state index in [1.807, 2.05) is 44.2 Å². The number of anilines is 1. The average Bonchev–Trinajstić information content (AvgIpc) is 3.48. The van der Waals surface area contributed by atoms with E-state index in [0.717, 1.165) is 0 Å². The maximum Gasteiger partial charge on any atom is 0.313 e. The Labute approximate surface area is 280 Å². The van der Waals surface area contributed by atoms with Gasteiger partial charge in [0.1, 0.15) is 29.4 Å². The minimum atomic E-state index is -1.52. The normalized spacial score (nSPS) is 30.3. The largest absolute Gasteiger partial charge is 0.497 e. The van der Waals surface area contributed by atoms with Crippen molar-refractivity contribution in [2.24, 2.45) is 17.8 Å². The molecule has 6 rings (SSSR count). The van der Waals surface area contributed by atoms with Gasteiger partial charge in [0.25, 0.3) is 5.91 Å². The van der Waals surface area contributed by atoms with Crippen LogP contribution in [0.25, 0.3) is 0 Å². The molecule has 3 amide bonds. The molecule has 2 fully saturated rings. The van der Waals surface area contributed by atoms with Crippen molar-refractivity contribution < 1.29 is 38.5 Å². The van der Waals surface area contributed by atoms with Gasteiger partial charge in [0.05, 0.1) is 38.3 Å². The Kier molecular flexibility index (Phi) is 9.70. The molecule has 48 heavy (non-hydrogen) atoms. The summed E-state index contributed by atoms with van der Waals surface area (Å²) in [5.74, 6) is -3.12. The Morgan fingerprint density at radius 2 is 1.77 bits per heavy atom. The summed E-state index contributed by atoms with van der Waals surface area (Å²) in [6.45, 7) is 3.88. The molecule has 2 saturated heterocycles. The second-order valence-corrected chi connectivity index (χ2v) is 13.2. The Hall–Kier alpha value is -4.48. The number of hydrogen-bond donors (Lipinski definition) is 2. The lowest BCUT2D eigenvalue weighted by atomic mass is 9.77. The summed E-state index contributed by atoms with van der Waals surface area (Å²) in [5.41, 5.74) is -0.220. The molecular weight excluding hydrogens is 614 g/mol. The second kappa shape index (κ2) is 13.9. The number of carbonyl (C=O) groups excluding carboxylic acids is 4. The zero-order chi connectivity index (χ0) is 34.0. The first kappa shape index (κ1) is 33.4. The number of rotatable bonds is 7. The third-order valence-electron chi connectivity index (χ3n) is 9.71. The number of amides is 3. The lowest BCUT2D eigenvalue weighted by Gasteiger charge is -2.39. The van der Waals surface area contributed by atoms with Crippen LogP contribution in [0.1, 0.15) is 44.8 Å². The third-order valence-corrected chi connectivity index (χ3v) is 9.71. The summed E-state index contributed by atoms with van der Waals surface area (Å²) in [6, 6.07) is 14.4. The first-order chi connectivity index (χ1) is 23.2. The third kappa shape index (κ3) is 6.12. The summed E-state index contributed by atoms with van der Waals surface area (Å²) in [6.07, 6.45) is 6.39. The van der Waals surface area contributed by atoms with E-state index >= 15 is 0 Å². The first-order valence-corrected chi connectivity index (χ1v) is 16.6. The van der Waals surface area contributed by atoms with Gasteiger partial charge in [-0.25, -0.2) is 0 Å². The molecular formula is C37H43N3O8. The maximum atomic E-state index is 14.8. The van der Waals surface area contributed by atoms with Gasteiger partial charge in [0.2, 0.25) is 11.8 Å². The van der Waals surface area contributed by atoms with Crippen LogP contribution >= 0.6 is 0 Å². The van der Waals surface area contributed by atoms with Gasteiger partial charge in [0, 0.05) is 18.7 Å². The predicted octanol–water partition coefficient (Wildman–Crippen LogP) is 3.34. The number of aliphatic hydroxyl groups is 1. The number of nitrogens with zero attached hydrogens (tertiary/aromatic N) is 2. The Bertz CT molecular complexity index is 1570. The van der Waals surface area contributed by atoms with Gasteiger partial charge in [-0.1, -0.05) is 68.5 Å². The SMILES string of the molecule is COc1ccc(N2CC=C[C@@]34O[C@H]5/C=C\CCC(=O)NC[C@H](c6ccccc6)OC(=O)[C@H]5[C@@H]3C(=O)N([C@@H](CO)CC(C)C)[C@H]4C2=O)cc1. The van der Waals surface area contributed by atoms with Crippen molar-refractivity contribution in [3.8, 4) is 5.75 Å². The fourth-order valence-corrected chi connectivity index (χ4v) is 7.55. The molecule has 0 radical (unpaired) electrons. The van der Waals surface area contributed by atoms with Crippen LogP contribution < -0.4 is 15.0 Å². The molecule has 1 spiro atoms. The molecule has 0 unspecified atom stereocenters. The highest BCUT2D eigenvalue weighted by Crippen LogP contribution is 2.54. The number of nitrogens with one attached hydrogen (secondary N) is 1. The molecule has 2 aromatic rings. The van der Waals surface area contributed by atoms with E-state index in [1.165, 1.54) is 4.90 Å². The van der Waals surface area contributed by atoms with Crippen LogP contribution in [0.15, 0.2) is 78.9 Å². The molecule has 11 heteroatoms. The Morgan fingerprint density at radius 1 is 1.02 bits per heavy atom. The monoisotopic (exact) mass is 657 g/mol. The lowest BCUT2D eigenvalue weighted by molar-refractivity contribution is -0.160. The number of hydrogen-bond acceptors (Lipinski definition) is 8. The minimum absolute atomic E-state index is 0.0607. The van der Waals surface area contributed by atoms with Gasteiger partial charge in [-0.3, -0.25) is 19.2 Å². The molecule has 4 aliphatic heterocycles. The molecule has 0 bridgehead atoms. The van der Waals surface area contributed by atoms with Gasteiger partial charge < -0.3 is 34.4 Å². The highest BCUT2D eigenvalue weighted by atomic mass is 16.6. The molecule has 7 atom stereocenters. The lowest BCUT2D eigenvalue weighted by Crippen LogP contribution is -2.58. The van der Waals surface area contributed by atoms with E-state index < -0.39 is 53.6 Å². The Morgan fingerprint density at radius 3 is 2.46 bits per heavy atom. The number of cyclic esters (lactones) is 1. The van der Waals surface area contributed by atoms with Crippen LogP contribution in [0.2, 0.25) is 0 Å². The van der Waals surface area contributed by atoms with E-state index in [4.69, 9.17) is 14.2 Å². The first-order valence-electron chi connectivity index (χ1n) is 16.6. The summed E-state index contributed by atoms with van der Waals surface area (Å²) in [5, 5.41) is 13.5. The van der Waals surface area contributed by atoms with E-state index in [-0.39, 0.29) is 43.8 Å². The molecule has 4 heterocycles. The van der Waals surface area contributed by atoms with Crippen LogP contribution in [0, 0.1) is 17.8 Å². The number of esters is 1. The molecule has 11 nitrogen and oxygen atoms in total. The van der Waals surface area contributed by atoms with Crippen molar-refractivity contribution in [2.75, 3.05) is 31.7 Å². The number of fused-ring (bicyclic) bond motifs is 2. The maximum absolute atomic E-state index is 14.8. The van der Waals surface area contributed by atoms with Crippen molar-refractivity contribution in [1.29, 1.82) is 0 Å². The number of likely N-dealkylation sites (tertiary alicyclic amines) is 1. The highest BCUT2D eigenvalue weighted by Gasteiger charge is 2.72. The summed E-state index contributed by atoms with van der Waals surface area (Å²) < 4.78 is 18.3. The predicted molar refractivity (Wildman–Crippen MR) is 177 cm³/mol. The number of carbonyl (C=O) groups is 4. The van der Waals surface area contributed by atoms with Crippen LogP contribution in [0.5, 0.6) is 5.75 Å². The van der Waals surface area contributed by atoms with Crippen molar-refractivity contribution in [1.82, 2.24) is 10.2 Å². The van der Waals surface area contributed by atoms with Crippen molar-refractivity contribution in [3.63, 3.8) is 0 Å². The average molecular weight is 658 g/mol. The van der Waals surface area contributed by atoms with Crippen molar-refractivity contribution in [3.05, 3.63) is 84.5 Å². The fraction of sp³-hybridized carbons (Fsp3) is 0.459. The zero-order valence-electron chi connectivity index (χ0n) is 27.5. The van der Waals surface area contributed by atoms with E-state index in [2.05, 4.69) is 5.32 Å². The van der Waals surface area contributed by atoms with Crippen LogP contribution in [0.3, 0.4) is 0 Å². The van der Waals surface area contributed by atoms with Gasteiger partial charge >= 0.3 is 5.97 Å². The quantitative estimate of drug-likeness (QED) is 0.342. The van der Waals surface area contributed by atoms with Crippen LogP contribution in [0.4, 0.5) is 5.69 Å². The topological polar surface area (TPSA) is 135 Å². The summed E-state index contributed by atoms with van der Waals surface area (Å²) >= 11 is 0. The molecule has 4 aliphatic rings. The molecule has 0 aromatic heterocycles. The number of methoxy groups -OCH3 is 1. The van der Waals surface area contributed by atoms with Crippen LogP contribution in [-0.2, 0) is 28.7 Å². The summed E-state index contributed by atoms with van der Waals surface area (Å²) in [4.78, 5) is 59.6.